The molecule has 1 saturated carbocycles. The van der Waals surface area contributed by atoms with Gasteiger partial charge in [-0.1, -0.05) is 26.2 Å². The van der Waals surface area contributed by atoms with Crippen molar-refractivity contribution in [3.05, 3.63) is 24.3 Å². The van der Waals surface area contributed by atoms with E-state index in [4.69, 9.17) is 4.74 Å². The second kappa shape index (κ2) is 9.93. The minimum atomic E-state index is -3.48. The van der Waals surface area contributed by atoms with Crippen molar-refractivity contribution in [1.29, 1.82) is 0 Å². The Morgan fingerprint density at radius 3 is 2.46 bits per heavy atom. The number of halogens is 1. The quantitative estimate of drug-likeness (QED) is 0.765. The molecule has 7 heteroatoms. The summed E-state index contributed by atoms with van der Waals surface area (Å²) < 4.78 is 33.9. The van der Waals surface area contributed by atoms with E-state index in [1.54, 1.807) is 24.3 Å². The van der Waals surface area contributed by atoms with Crippen LogP contribution in [0.25, 0.3) is 0 Å². The summed E-state index contributed by atoms with van der Waals surface area (Å²) >= 11 is 0. The maximum atomic E-state index is 12.6. The summed E-state index contributed by atoms with van der Waals surface area (Å²) in [5, 5.41) is 3.29. The molecular formula is C19H31ClN2O3S. The van der Waals surface area contributed by atoms with Crippen LogP contribution in [0.3, 0.4) is 0 Å². The Labute approximate surface area is 163 Å². The molecule has 0 aromatic heterocycles. The van der Waals surface area contributed by atoms with E-state index in [2.05, 4.69) is 17.0 Å². The lowest BCUT2D eigenvalue weighted by molar-refractivity contribution is 0.208. The Bertz CT molecular complexity index is 645. The van der Waals surface area contributed by atoms with Crippen molar-refractivity contribution in [2.75, 3.05) is 19.7 Å². The highest BCUT2D eigenvalue weighted by atomic mass is 35.5. The van der Waals surface area contributed by atoms with Gasteiger partial charge in [0.2, 0.25) is 10.0 Å². The summed E-state index contributed by atoms with van der Waals surface area (Å²) in [6.45, 7) is 4.51. The third-order valence-corrected chi connectivity index (χ3v) is 6.94. The molecule has 0 radical (unpaired) electrons. The average molecular weight is 403 g/mol. The van der Waals surface area contributed by atoms with E-state index >= 15 is 0 Å². The Kier molecular flexibility index (Phi) is 8.20. The van der Waals surface area contributed by atoms with E-state index < -0.39 is 10.0 Å². The molecule has 1 aromatic carbocycles. The molecule has 2 fully saturated rings. The van der Waals surface area contributed by atoms with Gasteiger partial charge in [-0.25, -0.2) is 13.1 Å². The molecule has 1 aliphatic heterocycles. The Balaban J connectivity index is 0.00000243. The Morgan fingerprint density at radius 1 is 1.12 bits per heavy atom. The molecule has 2 atom stereocenters. The van der Waals surface area contributed by atoms with Crippen LogP contribution in [-0.2, 0) is 10.0 Å². The largest absolute Gasteiger partial charge is 0.493 e. The molecule has 5 nitrogen and oxygen atoms in total. The van der Waals surface area contributed by atoms with E-state index in [0.717, 1.165) is 31.9 Å². The van der Waals surface area contributed by atoms with Crippen LogP contribution in [-0.4, -0.2) is 34.2 Å². The van der Waals surface area contributed by atoms with Crippen molar-refractivity contribution >= 4 is 22.4 Å². The SMILES string of the molecule is CC1CNCCC1NS(=O)(=O)c1ccc(OCC2CCCCC2)cc1.Cl. The highest BCUT2D eigenvalue weighted by Crippen LogP contribution is 2.25. The lowest BCUT2D eigenvalue weighted by Gasteiger charge is -2.29. The summed E-state index contributed by atoms with van der Waals surface area (Å²) in [6.07, 6.45) is 7.24. The maximum absolute atomic E-state index is 12.6. The van der Waals surface area contributed by atoms with Crippen molar-refractivity contribution in [1.82, 2.24) is 10.0 Å². The van der Waals surface area contributed by atoms with Gasteiger partial charge in [0.15, 0.2) is 0 Å². The van der Waals surface area contributed by atoms with Gasteiger partial charge >= 0.3 is 0 Å². The fourth-order valence-corrected chi connectivity index (χ4v) is 5.12. The summed E-state index contributed by atoms with van der Waals surface area (Å²) in [6, 6.07) is 6.81. The minimum Gasteiger partial charge on any atom is -0.493 e. The first kappa shape index (κ1) is 21.5. The molecule has 2 unspecified atom stereocenters. The first-order valence-corrected chi connectivity index (χ1v) is 11.0. The van der Waals surface area contributed by atoms with Gasteiger partial charge in [-0.15, -0.1) is 12.4 Å². The zero-order valence-corrected chi connectivity index (χ0v) is 17.1. The number of hydrogen-bond donors (Lipinski definition) is 2. The van der Waals surface area contributed by atoms with Crippen LogP contribution < -0.4 is 14.8 Å². The predicted octanol–water partition coefficient (Wildman–Crippen LogP) is 3.34. The maximum Gasteiger partial charge on any atom is 0.240 e. The number of hydrogen-bond acceptors (Lipinski definition) is 4. The highest BCUT2D eigenvalue weighted by molar-refractivity contribution is 7.89. The first-order chi connectivity index (χ1) is 12.0. The number of sulfonamides is 1. The first-order valence-electron chi connectivity index (χ1n) is 9.50. The molecule has 1 saturated heterocycles. The molecule has 3 rings (SSSR count). The fourth-order valence-electron chi connectivity index (χ4n) is 3.74. The molecule has 2 N–H and O–H groups in total. The standard InChI is InChI=1S/C19H30N2O3S.ClH/c1-15-13-20-12-11-19(15)21-25(22,23)18-9-7-17(8-10-18)24-14-16-5-3-2-4-6-16;/h7-10,15-16,19-21H,2-6,11-14H2,1H3;1H. The smallest absolute Gasteiger partial charge is 0.240 e. The molecular weight excluding hydrogens is 372 g/mol. The number of ether oxygens (including phenoxy) is 1. The molecule has 148 valence electrons. The van der Waals surface area contributed by atoms with Crippen molar-refractivity contribution in [3.8, 4) is 5.75 Å². The van der Waals surface area contributed by atoms with E-state index in [1.807, 2.05) is 0 Å². The van der Waals surface area contributed by atoms with Gasteiger partial charge < -0.3 is 10.1 Å². The van der Waals surface area contributed by atoms with Crippen LogP contribution >= 0.6 is 12.4 Å². The number of rotatable bonds is 6. The van der Waals surface area contributed by atoms with Gasteiger partial charge in [-0.3, -0.25) is 0 Å². The normalized spacial score (nSPS) is 24.7. The van der Waals surface area contributed by atoms with Crippen molar-refractivity contribution < 1.29 is 13.2 Å². The zero-order chi connectivity index (χ0) is 17.7. The third-order valence-electron chi connectivity index (χ3n) is 5.44. The third kappa shape index (κ3) is 5.84. The highest BCUT2D eigenvalue weighted by Gasteiger charge is 2.26. The van der Waals surface area contributed by atoms with E-state index in [0.29, 0.717) is 16.7 Å². The van der Waals surface area contributed by atoms with E-state index in [-0.39, 0.29) is 18.4 Å². The van der Waals surface area contributed by atoms with Crippen molar-refractivity contribution in [2.24, 2.45) is 11.8 Å². The topological polar surface area (TPSA) is 67.4 Å². The lowest BCUT2D eigenvalue weighted by atomic mass is 9.90. The summed E-state index contributed by atoms with van der Waals surface area (Å²) in [5.74, 6) is 1.68. The van der Waals surface area contributed by atoms with Gasteiger partial charge in [0.1, 0.15) is 5.75 Å². The molecule has 2 aliphatic rings. The summed E-state index contributed by atoms with van der Waals surface area (Å²) in [5.41, 5.74) is 0. The van der Waals surface area contributed by atoms with Crippen LogP contribution in [0.4, 0.5) is 0 Å². The summed E-state index contributed by atoms with van der Waals surface area (Å²) in [7, 11) is -3.48. The lowest BCUT2D eigenvalue weighted by Crippen LogP contribution is -2.48. The second-order valence-electron chi connectivity index (χ2n) is 7.48. The minimum absolute atomic E-state index is 0. The van der Waals surface area contributed by atoms with Crippen LogP contribution in [0.15, 0.2) is 29.2 Å². The van der Waals surface area contributed by atoms with Gasteiger partial charge in [0, 0.05) is 6.04 Å². The number of piperidine rings is 1. The Morgan fingerprint density at radius 2 is 1.81 bits per heavy atom. The Hall–Kier alpha value is -0.820. The van der Waals surface area contributed by atoms with Gasteiger partial charge in [0.25, 0.3) is 0 Å². The van der Waals surface area contributed by atoms with Gasteiger partial charge in [-0.2, -0.15) is 0 Å². The molecule has 26 heavy (non-hydrogen) atoms. The van der Waals surface area contributed by atoms with Crippen LogP contribution in [0.5, 0.6) is 5.75 Å². The monoisotopic (exact) mass is 402 g/mol. The van der Waals surface area contributed by atoms with Crippen molar-refractivity contribution in [3.63, 3.8) is 0 Å². The second-order valence-corrected chi connectivity index (χ2v) is 9.20. The number of nitrogens with one attached hydrogen (secondary N) is 2. The van der Waals surface area contributed by atoms with Crippen molar-refractivity contribution in [2.45, 2.75) is 56.4 Å². The molecule has 1 aliphatic carbocycles. The molecule has 1 aromatic rings. The van der Waals surface area contributed by atoms with E-state index in [9.17, 15) is 8.42 Å². The fraction of sp³-hybridized carbons (Fsp3) is 0.684. The molecule has 0 spiro atoms. The van der Waals surface area contributed by atoms with Gasteiger partial charge in [-0.05, 0) is 68.5 Å². The molecule has 1 heterocycles. The summed E-state index contributed by atoms with van der Waals surface area (Å²) in [4.78, 5) is 0.309. The number of benzene rings is 1. The van der Waals surface area contributed by atoms with Crippen LogP contribution in [0, 0.1) is 11.8 Å². The average Bonchev–Trinajstić information content (AvgIpc) is 2.63. The van der Waals surface area contributed by atoms with Crippen LogP contribution in [0.2, 0.25) is 0 Å². The van der Waals surface area contributed by atoms with Gasteiger partial charge in [0.05, 0.1) is 11.5 Å². The molecule has 0 bridgehead atoms. The zero-order valence-electron chi connectivity index (χ0n) is 15.4. The van der Waals surface area contributed by atoms with E-state index in [1.165, 1.54) is 32.1 Å². The van der Waals surface area contributed by atoms with Crippen LogP contribution in [0.1, 0.15) is 45.4 Å². The predicted molar refractivity (Wildman–Crippen MR) is 107 cm³/mol. The molecule has 0 amide bonds.